The van der Waals surface area contributed by atoms with Gasteiger partial charge in [-0.15, -0.1) is 6.58 Å². The van der Waals surface area contributed by atoms with Gasteiger partial charge in [-0.1, -0.05) is 12.1 Å². The quantitative estimate of drug-likeness (QED) is 0.451. The molecule has 0 bridgehead atoms. The first-order chi connectivity index (χ1) is 8.98. The average molecular weight is 264 g/mol. The number of hydrazine groups is 1. The van der Waals surface area contributed by atoms with Gasteiger partial charge in [0.15, 0.2) is 0 Å². The van der Waals surface area contributed by atoms with Crippen LogP contribution in [0.25, 0.3) is 0 Å². The molecule has 0 fully saturated rings. The van der Waals surface area contributed by atoms with Crippen LogP contribution in [0.2, 0.25) is 0 Å². The molecule has 0 radical (unpaired) electrons. The fraction of sp³-hybridized carbons (Fsp3) is 0.467. The lowest BCUT2D eigenvalue weighted by Gasteiger charge is -2.24. The molecule has 0 spiro atoms. The number of benzene rings is 1. The lowest BCUT2D eigenvalue weighted by atomic mass is 10.1. The van der Waals surface area contributed by atoms with Gasteiger partial charge >= 0.3 is 0 Å². The van der Waals surface area contributed by atoms with Gasteiger partial charge in [-0.3, -0.25) is 0 Å². The van der Waals surface area contributed by atoms with Crippen LogP contribution in [0.4, 0.5) is 5.69 Å². The van der Waals surface area contributed by atoms with E-state index in [0.717, 1.165) is 17.0 Å². The Bertz CT molecular complexity index is 411. The van der Waals surface area contributed by atoms with Gasteiger partial charge in [0.25, 0.3) is 0 Å². The van der Waals surface area contributed by atoms with Crippen LogP contribution in [0.5, 0.6) is 5.75 Å². The van der Waals surface area contributed by atoms with Crippen molar-refractivity contribution in [3.8, 4) is 5.75 Å². The fourth-order valence-electron chi connectivity index (χ4n) is 1.52. The molecule has 0 aromatic heterocycles. The highest BCUT2D eigenvalue weighted by Gasteiger charge is 2.12. The molecule has 106 valence electrons. The first kappa shape index (κ1) is 15.5. The van der Waals surface area contributed by atoms with Crippen molar-refractivity contribution < 1.29 is 9.47 Å². The van der Waals surface area contributed by atoms with Crippen LogP contribution in [-0.2, 0) is 11.3 Å². The molecular weight excluding hydrogens is 240 g/mol. The first-order valence-corrected chi connectivity index (χ1v) is 6.35. The molecule has 0 amide bonds. The molecule has 1 rings (SSSR count). The largest absolute Gasteiger partial charge is 0.496 e. The van der Waals surface area contributed by atoms with Gasteiger partial charge in [0, 0.05) is 11.1 Å². The summed E-state index contributed by atoms with van der Waals surface area (Å²) in [7, 11) is 1.66. The zero-order valence-corrected chi connectivity index (χ0v) is 12.2. The van der Waals surface area contributed by atoms with Crippen LogP contribution in [-0.4, -0.2) is 19.3 Å². The summed E-state index contributed by atoms with van der Waals surface area (Å²) in [5, 5.41) is 0. The molecule has 2 N–H and O–H groups in total. The molecule has 0 aliphatic rings. The highest BCUT2D eigenvalue weighted by molar-refractivity contribution is 5.56. The Morgan fingerprint density at radius 3 is 2.63 bits per heavy atom. The second-order valence-electron chi connectivity index (χ2n) is 5.29. The smallest absolute Gasteiger partial charge is 0.126 e. The standard InChI is InChI=1S/C15H24N2O2/c1-6-10-19-11-12-13(16-17-15(2,3)4)8-7-9-14(12)18-5/h6-9,16-17H,1,10-11H2,2-5H3. The Labute approximate surface area is 115 Å². The Kier molecular flexibility index (Phi) is 5.86. The number of anilines is 1. The summed E-state index contributed by atoms with van der Waals surface area (Å²) in [6.45, 7) is 10.9. The number of ether oxygens (including phenoxy) is 2. The van der Waals surface area contributed by atoms with Crippen LogP contribution in [0.15, 0.2) is 30.9 Å². The van der Waals surface area contributed by atoms with Crippen LogP contribution in [0.1, 0.15) is 26.3 Å². The van der Waals surface area contributed by atoms with Gasteiger partial charge in [0.05, 0.1) is 26.0 Å². The van der Waals surface area contributed by atoms with E-state index in [1.54, 1.807) is 13.2 Å². The Balaban J connectivity index is 2.85. The van der Waals surface area contributed by atoms with E-state index in [9.17, 15) is 0 Å². The monoisotopic (exact) mass is 264 g/mol. The highest BCUT2D eigenvalue weighted by atomic mass is 16.5. The normalized spacial score (nSPS) is 11.2. The predicted molar refractivity (Wildman–Crippen MR) is 79.4 cm³/mol. The van der Waals surface area contributed by atoms with Gasteiger partial charge in [-0.2, -0.15) is 0 Å². The number of hydrogen-bond acceptors (Lipinski definition) is 4. The van der Waals surface area contributed by atoms with Gasteiger partial charge in [0.1, 0.15) is 5.75 Å². The molecule has 0 saturated heterocycles. The molecule has 0 atom stereocenters. The summed E-state index contributed by atoms with van der Waals surface area (Å²) in [4.78, 5) is 0. The third-order valence-electron chi connectivity index (χ3n) is 2.41. The summed E-state index contributed by atoms with van der Waals surface area (Å²) in [6, 6.07) is 5.87. The van der Waals surface area contributed by atoms with E-state index in [1.165, 1.54) is 0 Å². The predicted octanol–water partition coefficient (Wildman–Crippen LogP) is 3.11. The molecule has 0 unspecified atom stereocenters. The van der Waals surface area contributed by atoms with Crippen LogP contribution in [0.3, 0.4) is 0 Å². The zero-order valence-electron chi connectivity index (χ0n) is 12.2. The minimum atomic E-state index is -0.0255. The second-order valence-corrected chi connectivity index (χ2v) is 5.29. The van der Waals surface area contributed by atoms with Crippen LogP contribution >= 0.6 is 0 Å². The van der Waals surface area contributed by atoms with Crippen LogP contribution < -0.4 is 15.6 Å². The summed E-state index contributed by atoms with van der Waals surface area (Å²) in [6.07, 6.45) is 1.73. The van der Waals surface area contributed by atoms with E-state index in [1.807, 2.05) is 18.2 Å². The molecule has 0 aliphatic heterocycles. The van der Waals surface area contributed by atoms with Crippen molar-refractivity contribution in [2.24, 2.45) is 0 Å². The summed E-state index contributed by atoms with van der Waals surface area (Å²) in [5.41, 5.74) is 8.38. The van der Waals surface area contributed by atoms with Gasteiger partial charge in [-0.25, -0.2) is 5.43 Å². The van der Waals surface area contributed by atoms with E-state index in [4.69, 9.17) is 9.47 Å². The third kappa shape index (κ3) is 5.32. The van der Waals surface area contributed by atoms with Crippen molar-refractivity contribution in [1.29, 1.82) is 0 Å². The van der Waals surface area contributed by atoms with Crippen LogP contribution in [0, 0.1) is 0 Å². The van der Waals surface area contributed by atoms with Gasteiger partial charge in [0.2, 0.25) is 0 Å². The maximum atomic E-state index is 5.52. The molecular formula is C15H24N2O2. The van der Waals surface area contributed by atoms with Gasteiger partial charge in [-0.05, 0) is 32.9 Å². The molecule has 1 aromatic rings. The molecule has 1 aromatic carbocycles. The highest BCUT2D eigenvalue weighted by Crippen LogP contribution is 2.27. The number of methoxy groups -OCH3 is 1. The molecule has 0 aliphatic carbocycles. The summed E-state index contributed by atoms with van der Waals surface area (Å²) < 4.78 is 10.9. The van der Waals surface area contributed by atoms with Gasteiger partial charge < -0.3 is 14.9 Å². The van der Waals surface area contributed by atoms with E-state index >= 15 is 0 Å². The maximum absolute atomic E-state index is 5.52. The average Bonchev–Trinajstić information content (AvgIpc) is 2.36. The summed E-state index contributed by atoms with van der Waals surface area (Å²) >= 11 is 0. The Morgan fingerprint density at radius 1 is 1.32 bits per heavy atom. The van der Waals surface area contributed by atoms with Crippen molar-refractivity contribution in [1.82, 2.24) is 5.43 Å². The summed E-state index contributed by atoms with van der Waals surface area (Å²) in [5.74, 6) is 0.810. The maximum Gasteiger partial charge on any atom is 0.126 e. The SMILES string of the molecule is C=CCOCc1c(NNC(C)(C)C)cccc1OC. The van der Waals surface area contributed by atoms with Crippen molar-refractivity contribution in [3.63, 3.8) is 0 Å². The Morgan fingerprint density at radius 2 is 2.05 bits per heavy atom. The number of rotatable bonds is 7. The molecule has 0 saturated carbocycles. The Hall–Kier alpha value is -1.52. The van der Waals surface area contributed by atoms with Crippen molar-refractivity contribution in [3.05, 3.63) is 36.4 Å². The molecule has 19 heavy (non-hydrogen) atoms. The number of hydrogen-bond donors (Lipinski definition) is 2. The number of nitrogens with one attached hydrogen (secondary N) is 2. The van der Waals surface area contributed by atoms with Crippen molar-refractivity contribution in [2.45, 2.75) is 32.9 Å². The second kappa shape index (κ2) is 7.16. The van der Waals surface area contributed by atoms with E-state index < -0.39 is 0 Å². The zero-order chi connectivity index (χ0) is 14.3. The lowest BCUT2D eigenvalue weighted by Crippen LogP contribution is -2.40. The third-order valence-corrected chi connectivity index (χ3v) is 2.41. The fourth-order valence-corrected chi connectivity index (χ4v) is 1.52. The molecule has 0 heterocycles. The van der Waals surface area contributed by atoms with E-state index in [-0.39, 0.29) is 5.54 Å². The van der Waals surface area contributed by atoms with E-state index in [2.05, 4.69) is 38.2 Å². The van der Waals surface area contributed by atoms with Crippen molar-refractivity contribution >= 4 is 5.69 Å². The van der Waals surface area contributed by atoms with E-state index in [0.29, 0.717) is 13.2 Å². The minimum Gasteiger partial charge on any atom is -0.496 e. The topological polar surface area (TPSA) is 42.5 Å². The minimum absolute atomic E-state index is 0.0255. The lowest BCUT2D eigenvalue weighted by molar-refractivity contribution is 0.147. The molecule has 4 nitrogen and oxygen atoms in total. The first-order valence-electron chi connectivity index (χ1n) is 6.35. The van der Waals surface area contributed by atoms with Crippen molar-refractivity contribution in [2.75, 3.05) is 19.1 Å². The molecule has 4 heteroatoms.